The van der Waals surface area contributed by atoms with Gasteiger partial charge in [0, 0.05) is 22.3 Å². The van der Waals surface area contributed by atoms with E-state index in [1.165, 1.54) is 5.56 Å². The third-order valence-electron chi connectivity index (χ3n) is 3.64. The lowest BCUT2D eigenvalue weighted by atomic mass is 10.0. The second-order valence-electron chi connectivity index (χ2n) is 5.04. The fraction of sp³-hybridized carbons (Fsp3) is 0.167. The molecule has 0 radical (unpaired) electrons. The first-order valence-corrected chi connectivity index (χ1v) is 7.51. The van der Waals surface area contributed by atoms with Crippen LogP contribution in [-0.4, -0.2) is 4.98 Å². The normalized spacial score (nSPS) is 12.3. The molecule has 0 bridgehead atoms. The molecule has 3 rings (SSSR count). The highest BCUT2D eigenvalue weighted by molar-refractivity contribution is 6.31. The lowest BCUT2D eigenvalue weighted by Crippen LogP contribution is -2.09. The molecule has 1 N–H and O–H groups in total. The van der Waals surface area contributed by atoms with Crippen LogP contribution in [-0.2, 0) is 0 Å². The van der Waals surface area contributed by atoms with Crippen LogP contribution >= 0.6 is 11.6 Å². The Labute approximate surface area is 129 Å². The van der Waals surface area contributed by atoms with E-state index in [1.807, 2.05) is 36.5 Å². The number of pyridine rings is 1. The van der Waals surface area contributed by atoms with Crippen LogP contribution in [0.15, 0.2) is 60.8 Å². The van der Waals surface area contributed by atoms with E-state index in [-0.39, 0.29) is 6.04 Å². The van der Waals surface area contributed by atoms with Gasteiger partial charge < -0.3 is 5.32 Å². The molecule has 1 atom stereocenters. The van der Waals surface area contributed by atoms with Crippen molar-refractivity contribution in [1.29, 1.82) is 0 Å². The van der Waals surface area contributed by atoms with Crippen molar-refractivity contribution >= 4 is 28.2 Å². The van der Waals surface area contributed by atoms with E-state index in [4.69, 9.17) is 11.6 Å². The zero-order valence-corrected chi connectivity index (χ0v) is 12.6. The molecule has 0 aliphatic carbocycles. The summed E-state index contributed by atoms with van der Waals surface area (Å²) in [6.45, 7) is 2.19. The monoisotopic (exact) mass is 296 g/mol. The predicted molar refractivity (Wildman–Crippen MR) is 89.8 cm³/mol. The predicted octanol–water partition coefficient (Wildman–Crippen LogP) is 5.45. The standard InChI is InChI=1S/C18H17ClN2/c1-2-16(13-6-4-3-5-7-13)21-17-10-11-20-18-12-14(19)8-9-15(17)18/h3-12,16H,2H2,1H3,(H,20,21). The summed E-state index contributed by atoms with van der Waals surface area (Å²) >= 11 is 6.04. The number of benzene rings is 2. The lowest BCUT2D eigenvalue weighted by molar-refractivity contribution is 0.750. The van der Waals surface area contributed by atoms with E-state index >= 15 is 0 Å². The Hall–Kier alpha value is -2.06. The fourth-order valence-corrected chi connectivity index (χ4v) is 2.71. The van der Waals surface area contributed by atoms with Gasteiger partial charge in [0.05, 0.1) is 11.6 Å². The van der Waals surface area contributed by atoms with Gasteiger partial charge in [-0.2, -0.15) is 0 Å². The maximum Gasteiger partial charge on any atom is 0.0737 e. The van der Waals surface area contributed by atoms with Crippen LogP contribution < -0.4 is 5.32 Å². The molecule has 2 nitrogen and oxygen atoms in total. The van der Waals surface area contributed by atoms with Gasteiger partial charge in [-0.15, -0.1) is 0 Å². The quantitative estimate of drug-likeness (QED) is 0.692. The summed E-state index contributed by atoms with van der Waals surface area (Å²) < 4.78 is 0. The van der Waals surface area contributed by atoms with E-state index in [2.05, 4.69) is 41.5 Å². The Balaban J connectivity index is 1.97. The molecule has 2 aromatic carbocycles. The molecule has 3 heteroatoms. The molecule has 106 valence electrons. The van der Waals surface area contributed by atoms with Crippen molar-refractivity contribution in [1.82, 2.24) is 4.98 Å². The van der Waals surface area contributed by atoms with Crippen LogP contribution in [0.5, 0.6) is 0 Å². The summed E-state index contributed by atoms with van der Waals surface area (Å²) in [6.07, 6.45) is 2.83. The highest BCUT2D eigenvalue weighted by atomic mass is 35.5. The van der Waals surface area contributed by atoms with Gasteiger partial charge in [-0.25, -0.2) is 0 Å². The molecule has 0 spiro atoms. The second kappa shape index (κ2) is 6.15. The minimum absolute atomic E-state index is 0.285. The summed E-state index contributed by atoms with van der Waals surface area (Å²) in [5.74, 6) is 0. The Bertz CT molecular complexity index is 741. The summed E-state index contributed by atoms with van der Waals surface area (Å²) in [5, 5.41) is 5.43. The van der Waals surface area contributed by atoms with Crippen molar-refractivity contribution < 1.29 is 0 Å². The molecule has 1 unspecified atom stereocenters. The third kappa shape index (κ3) is 3.01. The number of fused-ring (bicyclic) bond motifs is 1. The van der Waals surface area contributed by atoms with Gasteiger partial charge >= 0.3 is 0 Å². The topological polar surface area (TPSA) is 24.9 Å². The molecule has 0 aliphatic rings. The molecule has 0 amide bonds. The van der Waals surface area contributed by atoms with Gasteiger partial charge in [0.1, 0.15) is 0 Å². The lowest BCUT2D eigenvalue weighted by Gasteiger charge is -2.20. The maximum atomic E-state index is 6.04. The van der Waals surface area contributed by atoms with Crippen LogP contribution in [0.4, 0.5) is 5.69 Å². The summed E-state index contributed by atoms with van der Waals surface area (Å²) in [6, 6.07) is 18.6. The Morgan fingerprint density at radius 3 is 2.67 bits per heavy atom. The third-order valence-corrected chi connectivity index (χ3v) is 3.88. The molecule has 0 saturated heterocycles. The van der Waals surface area contributed by atoms with Crippen LogP contribution in [0.1, 0.15) is 24.9 Å². The first kappa shape index (κ1) is 13.9. The Morgan fingerprint density at radius 1 is 1.10 bits per heavy atom. The molecule has 1 aromatic heterocycles. The van der Waals surface area contributed by atoms with Crippen molar-refractivity contribution in [2.75, 3.05) is 5.32 Å². The Kier molecular flexibility index (Phi) is 4.07. The molecular weight excluding hydrogens is 280 g/mol. The maximum absolute atomic E-state index is 6.04. The molecule has 1 heterocycles. The Morgan fingerprint density at radius 2 is 1.90 bits per heavy atom. The first-order valence-electron chi connectivity index (χ1n) is 7.13. The number of halogens is 1. The number of hydrogen-bond donors (Lipinski definition) is 1. The first-order chi connectivity index (χ1) is 10.3. The van der Waals surface area contributed by atoms with Crippen molar-refractivity contribution in [2.45, 2.75) is 19.4 Å². The van der Waals surface area contributed by atoms with E-state index in [0.29, 0.717) is 5.02 Å². The van der Waals surface area contributed by atoms with Crippen molar-refractivity contribution in [3.8, 4) is 0 Å². The molecule has 0 aliphatic heterocycles. The van der Waals surface area contributed by atoms with Crippen molar-refractivity contribution in [3.05, 3.63) is 71.4 Å². The van der Waals surface area contributed by atoms with E-state index < -0.39 is 0 Å². The van der Waals surface area contributed by atoms with Gasteiger partial charge in [-0.05, 0) is 36.2 Å². The molecule has 3 aromatic rings. The zero-order valence-electron chi connectivity index (χ0n) is 11.9. The number of rotatable bonds is 4. The number of nitrogens with zero attached hydrogens (tertiary/aromatic N) is 1. The van der Waals surface area contributed by atoms with Gasteiger partial charge in [-0.1, -0.05) is 48.9 Å². The number of anilines is 1. The number of nitrogens with one attached hydrogen (secondary N) is 1. The number of hydrogen-bond acceptors (Lipinski definition) is 2. The SMILES string of the molecule is CCC(Nc1ccnc2cc(Cl)ccc12)c1ccccc1. The van der Waals surface area contributed by atoms with Crippen LogP contribution in [0.3, 0.4) is 0 Å². The van der Waals surface area contributed by atoms with E-state index in [0.717, 1.165) is 23.0 Å². The van der Waals surface area contributed by atoms with Crippen molar-refractivity contribution in [3.63, 3.8) is 0 Å². The highest BCUT2D eigenvalue weighted by Gasteiger charge is 2.10. The fourth-order valence-electron chi connectivity index (χ4n) is 2.54. The minimum Gasteiger partial charge on any atom is -0.378 e. The molecule has 0 saturated carbocycles. The highest BCUT2D eigenvalue weighted by Crippen LogP contribution is 2.28. The zero-order chi connectivity index (χ0) is 14.7. The van der Waals surface area contributed by atoms with Gasteiger partial charge in [-0.3, -0.25) is 4.98 Å². The van der Waals surface area contributed by atoms with Gasteiger partial charge in [0.2, 0.25) is 0 Å². The number of aromatic nitrogens is 1. The van der Waals surface area contributed by atoms with E-state index in [1.54, 1.807) is 0 Å². The van der Waals surface area contributed by atoms with Crippen molar-refractivity contribution in [2.24, 2.45) is 0 Å². The molecule has 0 fully saturated rings. The summed E-state index contributed by atoms with van der Waals surface area (Å²) in [4.78, 5) is 4.38. The van der Waals surface area contributed by atoms with Gasteiger partial charge in [0.15, 0.2) is 0 Å². The van der Waals surface area contributed by atoms with Crippen LogP contribution in [0.25, 0.3) is 10.9 Å². The average Bonchev–Trinajstić information content (AvgIpc) is 2.53. The second-order valence-corrected chi connectivity index (χ2v) is 5.47. The average molecular weight is 297 g/mol. The molecule has 21 heavy (non-hydrogen) atoms. The van der Waals surface area contributed by atoms with Crippen LogP contribution in [0.2, 0.25) is 5.02 Å². The minimum atomic E-state index is 0.285. The van der Waals surface area contributed by atoms with Gasteiger partial charge in [0.25, 0.3) is 0 Å². The van der Waals surface area contributed by atoms with E-state index in [9.17, 15) is 0 Å². The molecular formula is C18H17ClN2. The smallest absolute Gasteiger partial charge is 0.0737 e. The van der Waals surface area contributed by atoms with Crippen LogP contribution in [0, 0.1) is 0 Å². The largest absolute Gasteiger partial charge is 0.378 e. The summed E-state index contributed by atoms with van der Waals surface area (Å²) in [5.41, 5.74) is 3.29. The summed E-state index contributed by atoms with van der Waals surface area (Å²) in [7, 11) is 0.